The van der Waals surface area contributed by atoms with Gasteiger partial charge in [-0.15, -0.1) is 0 Å². The maximum Gasteiger partial charge on any atom is 0.124 e. The van der Waals surface area contributed by atoms with Crippen LogP contribution in [0.1, 0.15) is 24.1 Å². The van der Waals surface area contributed by atoms with E-state index in [0.717, 1.165) is 23.0 Å². The molecule has 20 heavy (non-hydrogen) atoms. The first-order chi connectivity index (χ1) is 9.61. The summed E-state index contributed by atoms with van der Waals surface area (Å²) in [6, 6.07) is 12.7. The number of nitrogens with one attached hydrogen (secondary N) is 1. The molecular weight excluding hydrogens is 341 g/mol. The van der Waals surface area contributed by atoms with Gasteiger partial charge in [0.2, 0.25) is 0 Å². The van der Waals surface area contributed by atoms with E-state index in [2.05, 4.69) is 27.3 Å². The Morgan fingerprint density at radius 3 is 2.65 bits per heavy atom. The third kappa shape index (κ3) is 3.81. The van der Waals surface area contributed by atoms with Gasteiger partial charge in [0.15, 0.2) is 0 Å². The molecule has 1 atom stereocenters. The molecule has 1 nitrogen and oxygen atoms in total. The summed E-state index contributed by atoms with van der Waals surface area (Å²) in [4.78, 5) is 0. The first-order valence-electron chi connectivity index (χ1n) is 6.53. The SMILES string of the molecule is CCNC(Cc1ccccc1Br)c1ccc(F)cc1Cl. The molecule has 0 heterocycles. The molecule has 0 saturated carbocycles. The van der Waals surface area contributed by atoms with Crippen molar-refractivity contribution in [3.05, 3.63) is 68.9 Å². The monoisotopic (exact) mass is 355 g/mol. The van der Waals surface area contributed by atoms with Gasteiger partial charge >= 0.3 is 0 Å². The molecule has 0 amide bonds. The van der Waals surface area contributed by atoms with Crippen molar-refractivity contribution in [3.63, 3.8) is 0 Å². The average Bonchev–Trinajstić information content (AvgIpc) is 2.41. The molecule has 0 fully saturated rings. The summed E-state index contributed by atoms with van der Waals surface area (Å²) >= 11 is 9.73. The van der Waals surface area contributed by atoms with Crippen LogP contribution in [0.3, 0.4) is 0 Å². The Labute approximate surface area is 132 Å². The van der Waals surface area contributed by atoms with E-state index in [1.807, 2.05) is 25.1 Å². The summed E-state index contributed by atoms with van der Waals surface area (Å²) in [7, 11) is 0. The number of halogens is 3. The van der Waals surface area contributed by atoms with E-state index in [1.54, 1.807) is 6.07 Å². The topological polar surface area (TPSA) is 12.0 Å². The predicted molar refractivity (Wildman–Crippen MR) is 85.7 cm³/mol. The van der Waals surface area contributed by atoms with Gasteiger partial charge in [-0.3, -0.25) is 0 Å². The average molecular weight is 357 g/mol. The highest BCUT2D eigenvalue weighted by atomic mass is 79.9. The quantitative estimate of drug-likeness (QED) is 0.782. The molecule has 2 aromatic rings. The van der Waals surface area contributed by atoms with Crippen molar-refractivity contribution >= 4 is 27.5 Å². The van der Waals surface area contributed by atoms with E-state index in [9.17, 15) is 4.39 Å². The first-order valence-corrected chi connectivity index (χ1v) is 7.70. The number of hydrogen-bond donors (Lipinski definition) is 1. The minimum absolute atomic E-state index is 0.0619. The van der Waals surface area contributed by atoms with Crippen molar-refractivity contribution in [2.75, 3.05) is 6.54 Å². The van der Waals surface area contributed by atoms with Gasteiger partial charge in [0.25, 0.3) is 0 Å². The highest BCUT2D eigenvalue weighted by Gasteiger charge is 2.16. The zero-order valence-electron chi connectivity index (χ0n) is 11.2. The molecule has 0 aliphatic heterocycles. The molecular formula is C16H16BrClFN. The second-order valence-corrected chi connectivity index (χ2v) is 5.83. The summed E-state index contributed by atoms with van der Waals surface area (Å²) in [6.45, 7) is 2.87. The van der Waals surface area contributed by atoms with Crippen molar-refractivity contribution in [2.45, 2.75) is 19.4 Å². The lowest BCUT2D eigenvalue weighted by atomic mass is 9.98. The lowest BCUT2D eigenvalue weighted by Crippen LogP contribution is -2.23. The molecule has 0 aliphatic rings. The van der Waals surface area contributed by atoms with E-state index in [-0.39, 0.29) is 11.9 Å². The maximum absolute atomic E-state index is 13.2. The summed E-state index contributed by atoms with van der Waals surface area (Å²) in [5.74, 6) is -0.310. The Morgan fingerprint density at radius 1 is 1.25 bits per heavy atom. The van der Waals surface area contributed by atoms with Gasteiger partial charge in [-0.1, -0.05) is 58.7 Å². The van der Waals surface area contributed by atoms with E-state index in [1.165, 1.54) is 17.7 Å². The Bertz CT molecular complexity index is 588. The van der Waals surface area contributed by atoms with Gasteiger partial charge in [-0.25, -0.2) is 4.39 Å². The Hall–Kier alpha value is -0.900. The first kappa shape index (κ1) is 15.5. The minimum Gasteiger partial charge on any atom is -0.310 e. The molecule has 106 valence electrons. The van der Waals surface area contributed by atoms with Gasteiger partial charge in [-0.05, 0) is 42.3 Å². The molecule has 0 saturated heterocycles. The van der Waals surface area contributed by atoms with E-state index >= 15 is 0 Å². The molecule has 0 radical (unpaired) electrons. The van der Waals surface area contributed by atoms with E-state index in [4.69, 9.17) is 11.6 Å². The molecule has 2 aromatic carbocycles. The second kappa shape index (κ2) is 7.21. The Kier molecular flexibility index (Phi) is 5.58. The number of hydrogen-bond acceptors (Lipinski definition) is 1. The van der Waals surface area contributed by atoms with Crippen LogP contribution in [0.15, 0.2) is 46.9 Å². The zero-order valence-corrected chi connectivity index (χ0v) is 13.5. The lowest BCUT2D eigenvalue weighted by Gasteiger charge is -2.20. The van der Waals surface area contributed by atoms with Crippen LogP contribution >= 0.6 is 27.5 Å². The van der Waals surface area contributed by atoms with Crippen LogP contribution in [0.2, 0.25) is 5.02 Å². The van der Waals surface area contributed by atoms with Crippen LogP contribution < -0.4 is 5.32 Å². The molecule has 0 aromatic heterocycles. The highest BCUT2D eigenvalue weighted by Crippen LogP contribution is 2.28. The van der Waals surface area contributed by atoms with Gasteiger partial charge in [-0.2, -0.15) is 0 Å². The molecule has 0 spiro atoms. The smallest absolute Gasteiger partial charge is 0.124 e. The standard InChI is InChI=1S/C16H16BrClFN/c1-2-20-16(9-11-5-3-4-6-14(11)17)13-8-7-12(19)10-15(13)18/h3-8,10,16,20H,2,9H2,1H3. The fourth-order valence-corrected chi connectivity index (χ4v) is 2.95. The summed E-state index contributed by atoms with van der Waals surface area (Å²) in [5.41, 5.74) is 2.12. The fraction of sp³-hybridized carbons (Fsp3) is 0.250. The summed E-state index contributed by atoms with van der Waals surface area (Å²) < 4.78 is 14.2. The van der Waals surface area contributed by atoms with Crippen molar-refractivity contribution in [1.82, 2.24) is 5.32 Å². The third-order valence-electron chi connectivity index (χ3n) is 3.17. The molecule has 1 N–H and O–H groups in total. The van der Waals surface area contributed by atoms with Crippen molar-refractivity contribution < 1.29 is 4.39 Å². The Balaban J connectivity index is 2.29. The van der Waals surface area contributed by atoms with Crippen LogP contribution in [-0.2, 0) is 6.42 Å². The molecule has 1 unspecified atom stereocenters. The normalized spacial score (nSPS) is 12.4. The maximum atomic E-state index is 13.2. The highest BCUT2D eigenvalue weighted by molar-refractivity contribution is 9.10. The van der Waals surface area contributed by atoms with Crippen LogP contribution in [0.25, 0.3) is 0 Å². The van der Waals surface area contributed by atoms with E-state index < -0.39 is 0 Å². The summed E-state index contributed by atoms with van der Waals surface area (Å²) in [6.07, 6.45) is 0.792. The minimum atomic E-state index is -0.310. The number of likely N-dealkylation sites (N-methyl/N-ethyl adjacent to an activating group) is 1. The van der Waals surface area contributed by atoms with Crippen LogP contribution in [0.5, 0.6) is 0 Å². The van der Waals surface area contributed by atoms with Gasteiger partial charge in [0, 0.05) is 15.5 Å². The van der Waals surface area contributed by atoms with Crippen LogP contribution in [0, 0.1) is 5.82 Å². The van der Waals surface area contributed by atoms with Crippen LogP contribution in [0.4, 0.5) is 4.39 Å². The predicted octanol–water partition coefficient (Wildman–Crippen LogP) is 5.13. The fourth-order valence-electron chi connectivity index (χ4n) is 2.21. The van der Waals surface area contributed by atoms with Crippen molar-refractivity contribution in [2.24, 2.45) is 0 Å². The van der Waals surface area contributed by atoms with Gasteiger partial charge < -0.3 is 5.32 Å². The Morgan fingerprint density at radius 2 is 2.00 bits per heavy atom. The molecule has 0 aliphatic carbocycles. The molecule has 2 rings (SSSR count). The molecule has 0 bridgehead atoms. The number of benzene rings is 2. The number of rotatable bonds is 5. The lowest BCUT2D eigenvalue weighted by molar-refractivity contribution is 0.547. The third-order valence-corrected chi connectivity index (χ3v) is 4.27. The molecule has 4 heteroatoms. The zero-order chi connectivity index (χ0) is 14.5. The van der Waals surface area contributed by atoms with Gasteiger partial charge in [0.05, 0.1) is 0 Å². The van der Waals surface area contributed by atoms with E-state index in [0.29, 0.717) is 5.02 Å². The van der Waals surface area contributed by atoms with Crippen LogP contribution in [-0.4, -0.2) is 6.54 Å². The largest absolute Gasteiger partial charge is 0.310 e. The van der Waals surface area contributed by atoms with Gasteiger partial charge in [0.1, 0.15) is 5.82 Å². The van der Waals surface area contributed by atoms with Crippen molar-refractivity contribution in [3.8, 4) is 0 Å². The second-order valence-electron chi connectivity index (χ2n) is 4.57. The van der Waals surface area contributed by atoms with Crippen molar-refractivity contribution in [1.29, 1.82) is 0 Å². The summed E-state index contributed by atoms with van der Waals surface area (Å²) in [5, 5.41) is 3.87.